The Labute approximate surface area is 190 Å². The van der Waals surface area contributed by atoms with Crippen LogP contribution in [0.1, 0.15) is 25.6 Å². The highest BCUT2D eigenvalue weighted by Gasteiger charge is 2.27. The monoisotopic (exact) mass is 448 g/mol. The molecular weight excluding hydrogens is 426 g/mol. The van der Waals surface area contributed by atoms with Crippen LogP contribution in [0.15, 0.2) is 54.2 Å². The lowest BCUT2D eigenvalue weighted by Crippen LogP contribution is -2.25. The Kier molecular flexibility index (Phi) is 6.26. The minimum Gasteiger partial charge on any atom is -0.494 e. The number of methoxy groups -OCH3 is 1. The van der Waals surface area contributed by atoms with Crippen molar-refractivity contribution in [3.8, 4) is 16.9 Å². The normalized spacial score (nSPS) is 14.5. The topological polar surface area (TPSA) is 67.7 Å². The number of amides is 1. The molecule has 8 heteroatoms. The van der Waals surface area contributed by atoms with Crippen LogP contribution in [-0.2, 0) is 4.79 Å². The van der Waals surface area contributed by atoms with Gasteiger partial charge < -0.3 is 4.74 Å². The minimum absolute atomic E-state index is 0.0657. The number of hydrogen-bond donors (Lipinski definition) is 0. The Morgan fingerprint density at radius 3 is 2.73 bits per heavy atom. The average molecular weight is 448 g/mol. The number of aliphatic imine (C=N–C) groups is 1. The van der Waals surface area contributed by atoms with Gasteiger partial charge in [0.15, 0.2) is 5.82 Å². The Morgan fingerprint density at radius 2 is 2.06 bits per heavy atom. The Balaban J connectivity index is 2.04. The van der Waals surface area contributed by atoms with Crippen LogP contribution < -0.4 is 9.64 Å². The van der Waals surface area contributed by atoms with Crippen LogP contribution in [0.2, 0.25) is 0 Å². The second-order valence-electron chi connectivity index (χ2n) is 7.42. The van der Waals surface area contributed by atoms with Crippen molar-refractivity contribution in [3.05, 3.63) is 66.6 Å². The van der Waals surface area contributed by atoms with Crippen molar-refractivity contribution in [2.45, 2.75) is 19.8 Å². The molecule has 0 aliphatic carbocycles. The number of aromatic nitrogens is 2. The highest BCUT2D eigenvalue weighted by atomic mass is 19.1. The van der Waals surface area contributed by atoms with Gasteiger partial charge in [0, 0.05) is 41.9 Å². The second kappa shape index (κ2) is 9.28. The number of halogens is 2. The summed E-state index contributed by atoms with van der Waals surface area (Å²) in [6.45, 7) is 5.91. The summed E-state index contributed by atoms with van der Waals surface area (Å²) in [4.78, 5) is 27.6. The highest BCUT2D eigenvalue weighted by Crippen LogP contribution is 2.38. The highest BCUT2D eigenvalue weighted by molar-refractivity contribution is 6.11. The number of hydrogen-bond acceptors (Lipinski definition) is 5. The van der Waals surface area contributed by atoms with Crippen molar-refractivity contribution < 1.29 is 18.3 Å². The van der Waals surface area contributed by atoms with Crippen LogP contribution in [0.4, 0.5) is 14.6 Å². The zero-order valence-corrected chi connectivity index (χ0v) is 18.3. The molecule has 1 aliphatic heterocycles. The zero-order chi connectivity index (χ0) is 23.5. The second-order valence-corrected chi connectivity index (χ2v) is 7.42. The lowest BCUT2D eigenvalue weighted by atomic mass is 10.0. The van der Waals surface area contributed by atoms with Gasteiger partial charge in [-0.3, -0.25) is 14.7 Å². The molecule has 6 nitrogen and oxygen atoms in total. The van der Waals surface area contributed by atoms with E-state index in [0.29, 0.717) is 58.8 Å². The molecule has 1 fully saturated rings. The van der Waals surface area contributed by atoms with E-state index >= 15 is 0 Å². The van der Waals surface area contributed by atoms with Gasteiger partial charge in [0.05, 0.1) is 7.11 Å². The Hall–Kier alpha value is -3.94. The van der Waals surface area contributed by atoms with Crippen molar-refractivity contribution in [1.82, 2.24) is 9.97 Å². The van der Waals surface area contributed by atoms with E-state index in [2.05, 4.69) is 21.5 Å². The first-order valence-corrected chi connectivity index (χ1v) is 10.4. The lowest BCUT2D eigenvalue weighted by molar-refractivity contribution is -0.117. The maximum Gasteiger partial charge on any atom is 0.228 e. The number of carbonyl (C=O) groups is 1. The molecule has 1 amide bonds. The van der Waals surface area contributed by atoms with E-state index in [0.717, 1.165) is 18.2 Å². The minimum atomic E-state index is -0.578. The Morgan fingerprint density at radius 1 is 1.24 bits per heavy atom. The first kappa shape index (κ1) is 22.3. The molecule has 0 unspecified atom stereocenters. The van der Waals surface area contributed by atoms with Crippen LogP contribution in [0, 0.1) is 11.6 Å². The van der Waals surface area contributed by atoms with Gasteiger partial charge in [0.1, 0.15) is 28.7 Å². The fourth-order valence-corrected chi connectivity index (χ4v) is 3.82. The van der Waals surface area contributed by atoms with Crippen molar-refractivity contribution in [2.24, 2.45) is 4.99 Å². The summed E-state index contributed by atoms with van der Waals surface area (Å²) in [5.74, 6) is -0.117. The van der Waals surface area contributed by atoms with Crippen molar-refractivity contribution in [2.75, 3.05) is 18.6 Å². The summed E-state index contributed by atoms with van der Waals surface area (Å²) in [5.41, 5.74) is 1.54. The van der Waals surface area contributed by atoms with Gasteiger partial charge in [-0.1, -0.05) is 12.7 Å². The summed E-state index contributed by atoms with van der Waals surface area (Å²) in [7, 11) is 1.47. The predicted molar refractivity (Wildman–Crippen MR) is 125 cm³/mol. The summed E-state index contributed by atoms with van der Waals surface area (Å²) < 4.78 is 34.0. The molecule has 2 heterocycles. The first-order valence-electron chi connectivity index (χ1n) is 10.4. The molecule has 3 aromatic rings. The van der Waals surface area contributed by atoms with Gasteiger partial charge in [0.2, 0.25) is 5.91 Å². The van der Waals surface area contributed by atoms with E-state index in [9.17, 15) is 13.6 Å². The molecule has 0 bridgehead atoms. The third-order valence-electron chi connectivity index (χ3n) is 5.42. The number of fused-ring (bicyclic) bond motifs is 1. The lowest BCUT2D eigenvalue weighted by Gasteiger charge is -2.20. The van der Waals surface area contributed by atoms with Crippen LogP contribution in [-0.4, -0.2) is 35.7 Å². The van der Waals surface area contributed by atoms with E-state index in [4.69, 9.17) is 4.74 Å². The molecule has 4 rings (SSSR count). The van der Waals surface area contributed by atoms with Crippen LogP contribution in [0.5, 0.6) is 5.75 Å². The van der Waals surface area contributed by atoms with Crippen LogP contribution >= 0.6 is 0 Å². The number of carbonyl (C=O) groups excluding carboxylic acids is 1. The van der Waals surface area contributed by atoms with Gasteiger partial charge in [-0.05, 0) is 49.2 Å². The molecular formula is C25H22F2N4O2. The van der Waals surface area contributed by atoms with Crippen LogP contribution in [0.25, 0.3) is 27.6 Å². The summed E-state index contributed by atoms with van der Waals surface area (Å²) in [6, 6.07) is 6.51. The van der Waals surface area contributed by atoms with Crippen molar-refractivity contribution >= 4 is 34.4 Å². The van der Waals surface area contributed by atoms with Crippen molar-refractivity contribution in [3.63, 3.8) is 0 Å². The predicted octanol–water partition coefficient (Wildman–Crippen LogP) is 5.33. The van der Waals surface area contributed by atoms with E-state index in [1.165, 1.54) is 13.3 Å². The van der Waals surface area contributed by atoms with E-state index in [-0.39, 0.29) is 11.5 Å². The molecule has 1 saturated heterocycles. The van der Waals surface area contributed by atoms with Crippen molar-refractivity contribution in [1.29, 1.82) is 0 Å². The van der Waals surface area contributed by atoms with Gasteiger partial charge >= 0.3 is 0 Å². The number of anilines is 1. The number of nitrogens with zero attached hydrogens (tertiary/aromatic N) is 4. The summed E-state index contributed by atoms with van der Waals surface area (Å²) in [5, 5.41) is 0.503. The average Bonchev–Trinajstić information content (AvgIpc) is 3.25. The molecule has 0 atom stereocenters. The smallest absolute Gasteiger partial charge is 0.228 e. The van der Waals surface area contributed by atoms with Gasteiger partial charge in [0.25, 0.3) is 0 Å². The number of benzene rings is 2. The fourth-order valence-electron chi connectivity index (χ4n) is 3.82. The van der Waals surface area contributed by atoms with Gasteiger partial charge in [-0.2, -0.15) is 0 Å². The molecule has 168 valence electrons. The fraction of sp³-hybridized carbons (Fsp3) is 0.200. The van der Waals surface area contributed by atoms with E-state index < -0.39 is 11.6 Å². The van der Waals surface area contributed by atoms with E-state index in [1.54, 1.807) is 29.3 Å². The third-order valence-corrected chi connectivity index (χ3v) is 5.42. The van der Waals surface area contributed by atoms with Gasteiger partial charge in [-0.15, -0.1) is 0 Å². The largest absolute Gasteiger partial charge is 0.494 e. The number of rotatable bonds is 6. The summed E-state index contributed by atoms with van der Waals surface area (Å²) in [6.07, 6.45) is 5.88. The molecule has 1 aliphatic rings. The maximum absolute atomic E-state index is 14.6. The van der Waals surface area contributed by atoms with E-state index in [1.807, 2.05) is 6.92 Å². The first-order chi connectivity index (χ1) is 16.0. The SMILES string of the molecule is C=CN=C/C(=C\C)c1nc(N2CCCC2=O)c2cc(-c3cc(F)ccc3F)cc(OC)c2n1. The number of allylic oxidation sites excluding steroid dienone is 2. The molecule has 33 heavy (non-hydrogen) atoms. The molecule has 1 aromatic heterocycles. The molecule has 0 N–H and O–H groups in total. The third kappa shape index (κ3) is 4.24. The maximum atomic E-state index is 14.6. The standard InChI is InChI=1S/C25H22F2N4O2/c1-4-15(14-28-5-2)24-29-23-19(25(30-24)31-10-6-7-22(31)32)11-16(12-21(23)33-3)18-13-17(26)8-9-20(18)27/h4-5,8-9,11-14H,2,6-7,10H2,1,3H3/b15-4+,28-14?. The summed E-state index contributed by atoms with van der Waals surface area (Å²) >= 11 is 0. The van der Waals surface area contributed by atoms with Crippen LogP contribution in [0.3, 0.4) is 0 Å². The molecule has 0 radical (unpaired) electrons. The molecule has 2 aromatic carbocycles. The van der Waals surface area contributed by atoms with Gasteiger partial charge in [-0.25, -0.2) is 18.7 Å². The quantitative estimate of drug-likeness (QED) is 0.478. The number of ether oxygens (including phenoxy) is 1. The molecule has 0 saturated carbocycles. The Bertz CT molecular complexity index is 1320. The molecule has 0 spiro atoms. The zero-order valence-electron chi connectivity index (χ0n) is 18.3.